The number of hydrogen-bond acceptors (Lipinski definition) is 0. The molecule has 3 rings (SSSR count). The summed E-state index contributed by atoms with van der Waals surface area (Å²) in [5.74, 6) is 0. The molecule has 0 spiro atoms. The van der Waals surface area contributed by atoms with E-state index < -0.39 is 0 Å². The van der Waals surface area contributed by atoms with E-state index in [-0.39, 0.29) is 24.0 Å². The minimum absolute atomic E-state index is 0. The van der Waals surface area contributed by atoms with E-state index in [2.05, 4.69) is 80.7 Å². The molecule has 0 amide bonds. The van der Waals surface area contributed by atoms with Gasteiger partial charge in [0.15, 0.2) is 0 Å². The summed E-state index contributed by atoms with van der Waals surface area (Å²) in [6.07, 6.45) is 0. The van der Waals surface area contributed by atoms with E-state index in [4.69, 9.17) is 0 Å². The second-order valence-electron chi connectivity index (χ2n) is 6.34. The number of aromatic nitrogens is 1. The predicted molar refractivity (Wildman–Crippen MR) is 101 cm³/mol. The lowest BCUT2D eigenvalue weighted by Gasteiger charge is -2.24. The van der Waals surface area contributed by atoms with Gasteiger partial charge in [0.1, 0.15) is 6.54 Å². The highest BCUT2D eigenvalue weighted by Gasteiger charge is 2.18. The summed E-state index contributed by atoms with van der Waals surface area (Å²) in [6.45, 7) is 1.01. The molecule has 2 nitrogen and oxygen atoms in total. The monoisotopic (exact) mass is 393 g/mol. The van der Waals surface area contributed by atoms with Gasteiger partial charge < -0.3 is 9.47 Å². The Morgan fingerprint density at radius 1 is 0.857 bits per heavy atom. The molecule has 0 fully saturated rings. The number of benzene rings is 2. The second kappa shape index (κ2) is 6.20. The van der Waals surface area contributed by atoms with Gasteiger partial charge in [-0.1, -0.05) is 48.5 Å². The maximum atomic E-state index is 3.59. The van der Waals surface area contributed by atoms with Crippen molar-refractivity contribution in [2.24, 2.45) is 0 Å². The molecule has 0 aliphatic carbocycles. The summed E-state index contributed by atoms with van der Waals surface area (Å²) in [6, 6.07) is 19.2. The van der Waals surface area contributed by atoms with Crippen LogP contribution in [0.2, 0.25) is 0 Å². The number of fused-ring (bicyclic) bond motifs is 1. The molecule has 0 saturated heterocycles. The molecule has 0 atom stereocenters. The van der Waals surface area contributed by atoms with Gasteiger partial charge in [0.25, 0.3) is 0 Å². The second-order valence-corrected chi connectivity index (χ2v) is 6.34. The number of aromatic amines is 1. The smallest absolute Gasteiger partial charge is 0.106 e. The Hall–Kier alpha value is -1.33. The first-order valence-electron chi connectivity index (χ1n) is 7.00. The quantitative estimate of drug-likeness (QED) is 0.492. The fraction of sp³-hybridized carbons (Fsp3) is 0.222. The molecule has 110 valence electrons. The van der Waals surface area contributed by atoms with Crippen LogP contribution in [0.15, 0.2) is 54.6 Å². The highest BCUT2D eigenvalue weighted by atomic mass is 127. The van der Waals surface area contributed by atoms with Crippen LogP contribution in [-0.2, 0) is 6.54 Å². The molecule has 0 unspecified atom stereocenters. The molecule has 3 heteroatoms. The van der Waals surface area contributed by atoms with Crippen molar-refractivity contribution in [1.29, 1.82) is 0 Å². The molecule has 1 N–H and O–H groups in total. The molecule has 0 radical (unpaired) electrons. The van der Waals surface area contributed by atoms with Gasteiger partial charge in [-0.25, -0.2) is 0 Å². The number of nitrogens with one attached hydrogen (secondary N) is 1. The van der Waals surface area contributed by atoms with Crippen LogP contribution in [0.25, 0.3) is 22.2 Å². The van der Waals surface area contributed by atoms with E-state index in [9.17, 15) is 0 Å². The molecule has 0 bridgehead atoms. The zero-order valence-electron chi connectivity index (χ0n) is 12.8. The van der Waals surface area contributed by atoms with Crippen molar-refractivity contribution in [3.63, 3.8) is 0 Å². The van der Waals surface area contributed by atoms with Crippen molar-refractivity contribution in [2.75, 3.05) is 21.1 Å². The molecule has 1 heterocycles. The maximum Gasteiger partial charge on any atom is 0.106 e. The Labute approximate surface area is 143 Å². The fourth-order valence-corrected chi connectivity index (χ4v) is 2.69. The van der Waals surface area contributed by atoms with Gasteiger partial charge in [-0.2, -0.15) is 0 Å². The molecule has 0 aliphatic rings. The molecule has 21 heavy (non-hydrogen) atoms. The highest BCUT2D eigenvalue weighted by Crippen LogP contribution is 2.31. The first kappa shape index (κ1) is 16.0. The summed E-state index contributed by atoms with van der Waals surface area (Å²) in [7, 11) is 6.70. The lowest BCUT2D eigenvalue weighted by Crippen LogP contribution is -2.33. The van der Waals surface area contributed by atoms with Crippen molar-refractivity contribution < 1.29 is 4.48 Å². The fourth-order valence-electron chi connectivity index (χ4n) is 2.69. The average Bonchev–Trinajstić information content (AvgIpc) is 2.77. The standard InChI is InChI=1S/C18H21N2.HI/c1-20(2,3)13-16-15-11-7-8-12-17(15)19-18(16)14-9-5-4-6-10-14;/h4-12,19H,13H2,1-3H3;1H/q+1;. The normalized spacial score (nSPS) is 11.4. The Balaban J connectivity index is 0.00000161. The largest absolute Gasteiger partial charge is 0.354 e. The van der Waals surface area contributed by atoms with Crippen LogP contribution in [0.3, 0.4) is 0 Å². The first-order chi connectivity index (χ1) is 9.54. The number of H-pyrrole nitrogens is 1. The zero-order chi connectivity index (χ0) is 14.2. The van der Waals surface area contributed by atoms with Gasteiger partial charge >= 0.3 is 0 Å². The Morgan fingerprint density at radius 3 is 2.14 bits per heavy atom. The first-order valence-corrected chi connectivity index (χ1v) is 7.00. The minimum Gasteiger partial charge on any atom is -0.354 e. The Bertz CT molecular complexity index is 724. The summed E-state index contributed by atoms with van der Waals surface area (Å²) < 4.78 is 0.918. The molecule has 1 aromatic heterocycles. The summed E-state index contributed by atoms with van der Waals surface area (Å²) >= 11 is 0. The SMILES string of the molecule is C[N+](C)(C)Cc1c(-c2ccccc2)[nH]c2ccccc12.I. The van der Waals surface area contributed by atoms with Crippen LogP contribution in [0.4, 0.5) is 0 Å². The molecular weight excluding hydrogens is 371 g/mol. The summed E-state index contributed by atoms with van der Waals surface area (Å²) in [4.78, 5) is 3.59. The van der Waals surface area contributed by atoms with Gasteiger partial charge in [-0.3, -0.25) is 0 Å². The number of para-hydroxylation sites is 1. The van der Waals surface area contributed by atoms with Crippen LogP contribution in [0, 0.1) is 0 Å². The summed E-state index contributed by atoms with van der Waals surface area (Å²) in [5.41, 5.74) is 5.13. The molecule has 0 saturated carbocycles. The third kappa shape index (κ3) is 3.47. The highest BCUT2D eigenvalue weighted by molar-refractivity contribution is 14.0. The van der Waals surface area contributed by atoms with Crippen LogP contribution < -0.4 is 0 Å². The molecular formula is C18H22IN2+. The maximum absolute atomic E-state index is 3.59. The van der Waals surface area contributed by atoms with Crippen LogP contribution in [-0.4, -0.2) is 30.6 Å². The minimum atomic E-state index is 0. The van der Waals surface area contributed by atoms with Crippen LogP contribution in [0.1, 0.15) is 5.56 Å². The molecule has 0 aliphatic heterocycles. The number of quaternary nitrogens is 1. The van der Waals surface area contributed by atoms with Crippen molar-refractivity contribution in [2.45, 2.75) is 6.54 Å². The van der Waals surface area contributed by atoms with Gasteiger partial charge in [-0.05, 0) is 11.6 Å². The van der Waals surface area contributed by atoms with Gasteiger partial charge in [0.05, 0.1) is 26.8 Å². The number of nitrogens with zero attached hydrogens (tertiary/aromatic N) is 1. The summed E-state index contributed by atoms with van der Waals surface area (Å²) in [5, 5.41) is 1.33. The third-order valence-electron chi connectivity index (χ3n) is 3.51. The number of rotatable bonds is 3. The van der Waals surface area contributed by atoms with E-state index in [1.165, 1.54) is 27.7 Å². The average molecular weight is 393 g/mol. The Morgan fingerprint density at radius 2 is 1.48 bits per heavy atom. The Kier molecular flexibility index (Phi) is 4.74. The zero-order valence-corrected chi connectivity index (χ0v) is 15.1. The van der Waals surface area contributed by atoms with Gasteiger partial charge in [-0.15, -0.1) is 24.0 Å². The van der Waals surface area contributed by atoms with Crippen molar-refractivity contribution >= 4 is 34.9 Å². The molecule has 3 aromatic rings. The number of hydrogen-bond donors (Lipinski definition) is 1. The predicted octanol–water partition coefficient (Wildman–Crippen LogP) is 4.66. The van der Waals surface area contributed by atoms with E-state index in [0.29, 0.717) is 0 Å². The molecule has 2 aromatic carbocycles. The van der Waals surface area contributed by atoms with E-state index >= 15 is 0 Å². The van der Waals surface area contributed by atoms with Crippen LogP contribution >= 0.6 is 24.0 Å². The van der Waals surface area contributed by atoms with Gasteiger partial charge in [0.2, 0.25) is 0 Å². The van der Waals surface area contributed by atoms with Crippen molar-refractivity contribution in [3.8, 4) is 11.3 Å². The van der Waals surface area contributed by atoms with E-state index in [1.807, 2.05) is 0 Å². The number of halogens is 1. The third-order valence-corrected chi connectivity index (χ3v) is 3.51. The van der Waals surface area contributed by atoms with Crippen LogP contribution in [0.5, 0.6) is 0 Å². The lowest BCUT2D eigenvalue weighted by molar-refractivity contribution is -0.883. The van der Waals surface area contributed by atoms with E-state index in [1.54, 1.807) is 0 Å². The lowest BCUT2D eigenvalue weighted by atomic mass is 10.0. The van der Waals surface area contributed by atoms with Gasteiger partial charge in [0, 0.05) is 16.5 Å². The van der Waals surface area contributed by atoms with Crippen molar-refractivity contribution in [1.82, 2.24) is 4.98 Å². The topological polar surface area (TPSA) is 15.8 Å². The van der Waals surface area contributed by atoms with E-state index in [0.717, 1.165) is 11.0 Å². The van der Waals surface area contributed by atoms with Crippen molar-refractivity contribution in [3.05, 3.63) is 60.2 Å².